The first kappa shape index (κ1) is 44.9. The van der Waals surface area contributed by atoms with E-state index in [9.17, 15) is 19.2 Å². The Kier molecular flexibility index (Phi) is 14.2. The third-order valence-corrected chi connectivity index (χ3v) is 12.9. The number of thiazole rings is 1. The third kappa shape index (κ3) is 9.53. The predicted octanol–water partition coefficient (Wildman–Crippen LogP) is 8.01. The maximum atomic E-state index is 14.4. The van der Waals surface area contributed by atoms with Gasteiger partial charge in [0.2, 0.25) is 6.61 Å². The lowest BCUT2D eigenvalue weighted by Crippen LogP contribution is -2.71. The van der Waals surface area contributed by atoms with Gasteiger partial charge in [0.05, 0.1) is 7.11 Å². The highest BCUT2D eigenvalue weighted by Gasteiger charge is 2.55. The van der Waals surface area contributed by atoms with Crippen LogP contribution in [0.3, 0.4) is 0 Å². The molecule has 0 aliphatic carbocycles. The van der Waals surface area contributed by atoms with E-state index in [1.165, 1.54) is 35.1 Å². The molecule has 0 unspecified atom stereocenters. The number of fused-ring (bicyclic) bond motifs is 1. The SMILES string of the molecule is CC#CC=CC1=C(C(=O)OC(c2ccccc2)c2ccccc2)N2C(=O)[C@@H](NC(=O)C(=NOCC(=O)OC)c3csc(NC(c4ccccc4)(c4ccccc4)c4ccccc4)n3)[C@H]2SC1. The molecule has 6 aromatic rings. The minimum atomic E-state index is -1.07. The van der Waals surface area contributed by atoms with E-state index in [-0.39, 0.29) is 17.1 Å². The van der Waals surface area contributed by atoms with E-state index >= 15 is 0 Å². The van der Waals surface area contributed by atoms with Crippen molar-refractivity contribution in [2.24, 2.45) is 5.16 Å². The van der Waals surface area contributed by atoms with Crippen molar-refractivity contribution in [3.63, 3.8) is 0 Å². The minimum absolute atomic E-state index is 0.0597. The molecular weight excluding hydrogens is 871 g/mol. The maximum absolute atomic E-state index is 14.4. The van der Waals surface area contributed by atoms with Gasteiger partial charge in [-0.2, -0.15) is 0 Å². The molecule has 0 radical (unpaired) electrons. The molecule has 0 saturated carbocycles. The van der Waals surface area contributed by atoms with Crippen molar-refractivity contribution in [1.82, 2.24) is 15.2 Å². The predicted molar refractivity (Wildman–Crippen MR) is 255 cm³/mol. The number of rotatable bonds is 16. The Hall–Kier alpha value is -7.73. The summed E-state index contributed by atoms with van der Waals surface area (Å²) in [6.45, 7) is 1.11. The van der Waals surface area contributed by atoms with Crippen LogP contribution in [0.15, 0.2) is 186 Å². The molecule has 1 saturated heterocycles. The number of esters is 2. The van der Waals surface area contributed by atoms with Gasteiger partial charge >= 0.3 is 11.9 Å². The van der Waals surface area contributed by atoms with Gasteiger partial charge in [-0.1, -0.05) is 163 Å². The highest BCUT2D eigenvalue weighted by atomic mass is 32.2. The first-order valence-corrected chi connectivity index (χ1v) is 22.8. The lowest BCUT2D eigenvalue weighted by atomic mass is 9.77. The molecule has 3 heterocycles. The number of β-lactam (4-membered cyclic amide) rings is 1. The lowest BCUT2D eigenvalue weighted by molar-refractivity contribution is -0.154. The molecule has 2 atom stereocenters. The van der Waals surface area contributed by atoms with Crippen LogP contribution in [0.5, 0.6) is 0 Å². The molecule has 1 aromatic heterocycles. The number of hydrogen-bond acceptors (Lipinski definition) is 12. The summed E-state index contributed by atoms with van der Waals surface area (Å²) < 4.78 is 11.0. The van der Waals surface area contributed by atoms with Crippen molar-refractivity contribution in [1.29, 1.82) is 0 Å². The summed E-state index contributed by atoms with van der Waals surface area (Å²) in [5.74, 6) is 3.25. The number of carbonyl (C=O) groups excluding carboxylic acids is 4. The zero-order valence-electron chi connectivity index (χ0n) is 35.8. The summed E-state index contributed by atoms with van der Waals surface area (Å²) in [6, 6.07) is 47.5. The van der Waals surface area contributed by atoms with E-state index in [0.29, 0.717) is 16.5 Å². The number of ether oxygens (including phenoxy) is 2. The second-order valence-electron chi connectivity index (χ2n) is 14.9. The lowest BCUT2D eigenvalue weighted by Gasteiger charge is -2.49. The summed E-state index contributed by atoms with van der Waals surface area (Å²) in [6.07, 6.45) is 2.55. The maximum Gasteiger partial charge on any atom is 0.356 e. The zero-order valence-corrected chi connectivity index (χ0v) is 37.5. The zero-order chi connectivity index (χ0) is 45.9. The van der Waals surface area contributed by atoms with Crippen LogP contribution in [0.4, 0.5) is 5.13 Å². The number of amides is 2. The van der Waals surface area contributed by atoms with Crippen LogP contribution in [-0.4, -0.2) is 70.2 Å². The van der Waals surface area contributed by atoms with E-state index in [4.69, 9.17) is 19.3 Å². The number of oxime groups is 1. The van der Waals surface area contributed by atoms with Gasteiger partial charge in [0, 0.05) is 11.1 Å². The fourth-order valence-electron chi connectivity index (χ4n) is 7.74. The van der Waals surface area contributed by atoms with Crippen molar-refractivity contribution in [2.45, 2.75) is 30.0 Å². The Labute approximate surface area is 390 Å². The van der Waals surface area contributed by atoms with Gasteiger partial charge in [-0.05, 0) is 52.5 Å². The summed E-state index contributed by atoms with van der Waals surface area (Å²) in [5.41, 5.74) is 3.83. The van der Waals surface area contributed by atoms with Crippen molar-refractivity contribution >= 4 is 57.7 Å². The quantitative estimate of drug-likeness (QED) is 0.0244. The van der Waals surface area contributed by atoms with Gasteiger partial charge in [-0.3, -0.25) is 14.5 Å². The minimum Gasteiger partial charge on any atom is -0.466 e. The van der Waals surface area contributed by atoms with E-state index in [0.717, 1.165) is 27.8 Å². The molecule has 330 valence electrons. The van der Waals surface area contributed by atoms with Gasteiger partial charge < -0.3 is 24.9 Å². The van der Waals surface area contributed by atoms with Crippen molar-refractivity contribution in [2.75, 3.05) is 24.8 Å². The molecule has 2 amide bonds. The highest BCUT2D eigenvalue weighted by molar-refractivity contribution is 8.00. The van der Waals surface area contributed by atoms with Crippen LogP contribution in [-0.2, 0) is 39.0 Å². The summed E-state index contributed by atoms with van der Waals surface area (Å²) in [5, 5.41) is 12.0. The number of hydrogen-bond donors (Lipinski definition) is 2. The first-order chi connectivity index (χ1) is 32.3. The van der Waals surface area contributed by atoms with Crippen LogP contribution >= 0.6 is 23.1 Å². The Morgan fingerprint density at radius 2 is 1.39 bits per heavy atom. The highest BCUT2D eigenvalue weighted by Crippen LogP contribution is 2.43. The number of nitrogens with zero attached hydrogens (tertiary/aromatic N) is 3. The topological polar surface area (TPSA) is 149 Å². The van der Waals surface area contributed by atoms with Crippen LogP contribution in [0, 0.1) is 11.8 Å². The fraction of sp³-hybridized carbons (Fsp3) is 0.154. The summed E-state index contributed by atoms with van der Waals surface area (Å²) in [4.78, 5) is 66.7. The summed E-state index contributed by atoms with van der Waals surface area (Å²) >= 11 is 2.61. The van der Waals surface area contributed by atoms with E-state index in [1.807, 2.05) is 152 Å². The molecule has 66 heavy (non-hydrogen) atoms. The van der Waals surface area contributed by atoms with Crippen molar-refractivity contribution in [3.05, 3.63) is 214 Å². The number of nitrogens with one attached hydrogen (secondary N) is 2. The molecule has 8 rings (SSSR count). The number of aromatic nitrogens is 1. The molecule has 2 aliphatic rings. The van der Waals surface area contributed by atoms with Crippen molar-refractivity contribution < 1.29 is 33.5 Å². The first-order valence-electron chi connectivity index (χ1n) is 20.9. The molecule has 5 aromatic carbocycles. The number of thioether (sulfide) groups is 1. The molecule has 0 spiro atoms. The second kappa shape index (κ2) is 20.8. The standard InChI is InChI=1S/C52H43N5O7S2/c1-3-4-10-25-37-33-65-49-44(48(60)57(49)45(37)50(61)64-46(35-21-11-5-12-22-35)36-23-13-6-14-24-36)54-47(59)43(56-63-32-42(58)62-2)41-34-66-51(53-41)55-52(38-26-15-7-16-27-38,39-28-17-8-18-29-39)40-30-19-9-20-31-40/h5-31,34,44,46,49H,32-33H2,1-2H3,(H,53,55)(H,54,59)/t44-,49-/m1/s1. The molecule has 14 heteroatoms. The number of anilines is 1. The van der Waals surface area contributed by atoms with Crippen LogP contribution in [0.2, 0.25) is 0 Å². The Bertz CT molecular complexity index is 2710. The smallest absolute Gasteiger partial charge is 0.356 e. The number of carbonyl (C=O) groups is 4. The molecular formula is C52H43N5O7S2. The molecule has 0 bridgehead atoms. The third-order valence-electron chi connectivity index (χ3n) is 10.9. The van der Waals surface area contributed by atoms with Gasteiger partial charge in [0.1, 0.15) is 28.3 Å². The van der Waals surface area contributed by atoms with Gasteiger partial charge in [-0.25, -0.2) is 14.6 Å². The van der Waals surface area contributed by atoms with Crippen LogP contribution < -0.4 is 10.6 Å². The number of allylic oxidation sites excluding steroid dienone is 2. The van der Waals surface area contributed by atoms with E-state index in [2.05, 4.69) is 27.6 Å². The Morgan fingerprint density at radius 1 is 0.848 bits per heavy atom. The van der Waals surface area contributed by atoms with Gasteiger partial charge in [0.15, 0.2) is 16.9 Å². The molecule has 2 aliphatic heterocycles. The van der Waals surface area contributed by atoms with Crippen LogP contribution in [0.25, 0.3) is 0 Å². The number of benzene rings is 5. The average Bonchev–Trinajstić information content (AvgIpc) is 3.84. The molecule has 12 nitrogen and oxygen atoms in total. The largest absolute Gasteiger partial charge is 0.466 e. The molecule has 2 N–H and O–H groups in total. The Morgan fingerprint density at radius 3 is 1.92 bits per heavy atom. The second-order valence-corrected chi connectivity index (χ2v) is 16.8. The monoisotopic (exact) mass is 913 g/mol. The number of methoxy groups -OCH3 is 1. The van der Waals surface area contributed by atoms with E-state index in [1.54, 1.807) is 24.5 Å². The van der Waals surface area contributed by atoms with Gasteiger partial charge in [0.25, 0.3) is 11.8 Å². The van der Waals surface area contributed by atoms with Gasteiger partial charge in [-0.15, -0.1) is 29.0 Å². The van der Waals surface area contributed by atoms with E-state index < -0.39 is 53.4 Å². The Balaban J connectivity index is 1.09. The van der Waals surface area contributed by atoms with Crippen LogP contribution in [0.1, 0.15) is 46.5 Å². The summed E-state index contributed by atoms with van der Waals surface area (Å²) in [7, 11) is 1.20. The fourth-order valence-corrected chi connectivity index (χ4v) is 9.81. The average molecular weight is 914 g/mol. The molecule has 1 fully saturated rings. The van der Waals surface area contributed by atoms with Crippen molar-refractivity contribution in [3.8, 4) is 11.8 Å². The normalized spacial score (nSPS) is 15.8.